The highest BCUT2D eigenvalue weighted by Crippen LogP contribution is 2.17. The zero-order valence-corrected chi connectivity index (χ0v) is 11.7. The van der Waals surface area contributed by atoms with Crippen molar-refractivity contribution in [3.05, 3.63) is 34.1 Å². The highest BCUT2D eigenvalue weighted by atomic mass is 79.9. The molecular weight excluding hydrogens is 303 g/mol. The summed E-state index contributed by atoms with van der Waals surface area (Å²) in [5.74, 6) is -0.469. The third-order valence-corrected chi connectivity index (χ3v) is 3.24. The first kappa shape index (κ1) is 15.1. The Kier molecular flexibility index (Phi) is 6.24. The third kappa shape index (κ3) is 4.72. The van der Waals surface area contributed by atoms with Gasteiger partial charge in [0.1, 0.15) is 5.82 Å². The molecule has 0 aliphatic carbocycles. The molecule has 4 nitrogen and oxygen atoms in total. The normalized spacial score (nSPS) is 12.2. The van der Waals surface area contributed by atoms with E-state index in [1.807, 2.05) is 0 Å². The molecule has 6 heteroatoms. The molecule has 0 radical (unpaired) electrons. The Morgan fingerprint density at radius 1 is 1.61 bits per heavy atom. The molecule has 1 amide bonds. The van der Waals surface area contributed by atoms with Gasteiger partial charge in [-0.1, -0.05) is 22.0 Å². The molecule has 3 N–H and O–H groups in total. The minimum absolute atomic E-state index is 0.150. The number of nitrogens with two attached hydrogens (primary N) is 1. The predicted octanol–water partition coefficient (Wildman–Crippen LogP) is 1.57. The number of amides is 1. The van der Waals surface area contributed by atoms with E-state index >= 15 is 0 Å². The van der Waals surface area contributed by atoms with E-state index in [0.29, 0.717) is 17.6 Å². The molecule has 1 unspecified atom stereocenters. The van der Waals surface area contributed by atoms with Crippen molar-refractivity contribution in [1.29, 1.82) is 0 Å². The maximum Gasteiger partial charge on any atom is 0.222 e. The molecule has 0 aliphatic heterocycles. The Morgan fingerprint density at radius 3 is 2.89 bits per heavy atom. The lowest BCUT2D eigenvalue weighted by Gasteiger charge is -2.13. The summed E-state index contributed by atoms with van der Waals surface area (Å²) < 4.78 is 18.5. The van der Waals surface area contributed by atoms with E-state index in [9.17, 15) is 9.18 Å². The maximum atomic E-state index is 12.9. The molecule has 0 saturated heterocycles. The average molecular weight is 319 g/mol. The maximum absolute atomic E-state index is 12.9. The van der Waals surface area contributed by atoms with E-state index in [1.165, 1.54) is 19.2 Å². The van der Waals surface area contributed by atoms with Crippen LogP contribution >= 0.6 is 15.9 Å². The van der Waals surface area contributed by atoms with Crippen LogP contribution in [0, 0.1) is 5.82 Å². The zero-order valence-electron chi connectivity index (χ0n) is 10.1. The summed E-state index contributed by atoms with van der Waals surface area (Å²) in [4.78, 5) is 11.6. The van der Waals surface area contributed by atoms with E-state index in [4.69, 9.17) is 10.5 Å². The average Bonchev–Trinajstić information content (AvgIpc) is 2.35. The van der Waals surface area contributed by atoms with E-state index in [2.05, 4.69) is 21.2 Å². The molecule has 1 aromatic carbocycles. The Hall–Kier alpha value is -0.980. The summed E-state index contributed by atoms with van der Waals surface area (Å²) in [6, 6.07) is 4.33. The van der Waals surface area contributed by atoms with Crippen LogP contribution in [0.15, 0.2) is 22.7 Å². The summed E-state index contributed by atoms with van der Waals surface area (Å²) in [6.07, 6.45) is -0.0621. The van der Waals surface area contributed by atoms with Crippen molar-refractivity contribution in [2.24, 2.45) is 5.73 Å². The first-order valence-electron chi connectivity index (χ1n) is 5.50. The van der Waals surface area contributed by atoms with Gasteiger partial charge in [-0.05, 0) is 17.7 Å². The van der Waals surface area contributed by atoms with Gasteiger partial charge in [0.25, 0.3) is 0 Å². The van der Waals surface area contributed by atoms with Crippen LogP contribution < -0.4 is 11.1 Å². The highest BCUT2D eigenvalue weighted by Gasteiger charge is 2.11. The number of nitrogens with one attached hydrogen (secondary N) is 1. The Labute approximate surface area is 114 Å². The number of halogens is 2. The fourth-order valence-electron chi connectivity index (χ4n) is 1.40. The van der Waals surface area contributed by atoms with Crippen molar-refractivity contribution in [2.45, 2.75) is 19.1 Å². The number of hydrogen-bond acceptors (Lipinski definition) is 3. The Morgan fingerprint density at radius 2 is 2.33 bits per heavy atom. The van der Waals surface area contributed by atoms with Crippen molar-refractivity contribution < 1.29 is 13.9 Å². The molecule has 1 aromatic rings. The van der Waals surface area contributed by atoms with E-state index < -0.39 is 0 Å². The second kappa shape index (κ2) is 7.45. The van der Waals surface area contributed by atoms with Gasteiger partial charge < -0.3 is 15.8 Å². The number of ether oxygens (including phenoxy) is 1. The zero-order chi connectivity index (χ0) is 13.5. The van der Waals surface area contributed by atoms with Crippen molar-refractivity contribution in [2.75, 3.05) is 13.7 Å². The smallest absolute Gasteiger partial charge is 0.222 e. The number of carbonyl (C=O) groups excluding carboxylic acids is 1. The molecular formula is C12H16BrFN2O2. The predicted molar refractivity (Wildman–Crippen MR) is 70.4 cm³/mol. The number of methoxy groups -OCH3 is 1. The monoisotopic (exact) mass is 318 g/mol. The largest absolute Gasteiger partial charge is 0.380 e. The van der Waals surface area contributed by atoms with Crippen LogP contribution in [0.25, 0.3) is 0 Å². The van der Waals surface area contributed by atoms with Crippen molar-refractivity contribution in [1.82, 2.24) is 5.32 Å². The van der Waals surface area contributed by atoms with Gasteiger partial charge in [0.05, 0.1) is 12.5 Å². The van der Waals surface area contributed by atoms with Crippen LogP contribution in [0.4, 0.5) is 4.39 Å². The third-order valence-electron chi connectivity index (χ3n) is 2.50. The van der Waals surface area contributed by atoms with Crippen molar-refractivity contribution >= 4 is 21.8 Å². The number of carbonyl (C=O) groups is 1. The summed E-state index contributed by atoms with van der Waals surface area (Å²) in [7, 11) is 1.52. The number of hydrogen-bond donors (Lipinski definition) is 2. The van der Waals surface area contributed by atoms with Crippen LogP contribution in [0.5, 0.6) is 0 Å². The first-order chi connectivity index (χ1) is 8.56. The lowest BCUT2D eigenvalue weighted by Crippen LogP contribution is -2.31. The first-order valence-corrected chi connectivity index (χ1v) is 6.29. The molecule has 1 atom stereocenters. The number of rotatable bonds is 6. The van der Waals surface area contributed by atoms with Gasteiger partial charge in [0.2, 0.25) is 5.91 Å². The molecule has 0 fully saturated rings. The van der Waals surface area contributed by atoms with Crippen molar-refractivity contribution in [3.63, 3.8) is 0 Å². The van der Waals surface area contributed by atoms with Gasteiger partial charge in [-0.15, -0.1) is 0 Å². The minimum atomic E-state index is -0.320. The van der Waals surface area contributed by atoms with Crippen molar-refractivity contribution in [3.8, 4) is 0 Å². The van der Waals surface area contributed by atoms with Crippen LogP contribution in [0.2, 0.25) is 0 Å². The Balaban J connectivity index is 2.47. The van der Waals surface area contributed by atoms with E-state index in [-0.39, 0.29) is 24.2 Å². The van der Waals surface area contributed by atoms with Gasteiger partial charge in [0, 0.05) is 24.7 Å². The topological polar surface area (TPSA) is 64.3 Å². The van der Waals surface area contributed by atoms with Crippen LogP contribution in [0.3, 0.4) is 0 Å². The highest BCUT2D eigenvalue weighted by molar-refractivity contribution is 9.10. The molecule has 1 rings (SSSR count). The van der Waals surface area contributed by atoms with Gasteiger partial charge in [-0.2, -0.15) is 0 Å². The number of benzene rings is 1. The second-order valence-corrected chi connectivity index (χ2v) is 4.66. The molecule has 0 heterocycles. The SMILES string of the molecule is COC(CN)CC(=O)NCc1ccc(F)cc1Br. The van der Waals surface area contributed by atoms with E-state index in [1.54, 1.807) is 6.07 Å². The lowest BCUT2D eigenvalue weighted by atomic mass is 10.2. The van der Waals surface area contributed by atoms with Crippen LogP contribution in [-0.2, 0) is 16.1 Å². The summed E-state index contributed by atoms with van der Waals surface area (Å²) in [5.41, 5.74) is 6.24. The van der Waals surface area contributed by atoms with Crippen LogP contribution in [-0.4, -0.2) is 25.7 Å². The molecule has 0 saturated carbocycles. The second-order valence-electron chi connectivity index (χ2n) is 3.81. The van der Waals surface area contributed by atoms with Gasteiger partial charge in [0.15, 0.2) is 0 Å². The fourth-order valence-corrected chi connectivity index (χ4v) is 1.89. The molecule has 0 aromatic heterocycles. The van der Waals surface area contributed by atoms with Gasteiger partial charge in [-0.25, -0.2) is 4.39 Å². The summed E-state index contributed by atoms with van der Waals surface area (Å²) in [6.45, 7) is 0.630. The lowest BCUT2D eigenvalue weighted by molar-refractivity contribution is -0.123. The fraction of sp³-hybridized carbons (Fsp3) is 0.417. The molecule has 100 valence electrons. The van der Waals surface area contributed by atoms with Crippen LogP contribution in [0.1, 0.15) is 12.0 Å². The summed E-state index contributed by atoms with van der Waals surface area (Å²) in [5, 5.41) is 2.73. The molecule has 0 aliphatic rings. The van der Waals surface area contributed by atoms with Gasteiger partial charge >= 0.3 is 0 Å². The molecule has 18 heavy (non-hydrogen) atoms. The van der Waals surface area contributed by atoms with E-state index in [0.717, 1.165) is 5.56 Å². The summed E-state index contributed by atoms with van der Waals surface area (Å²) >= 11 is 3.24. The molecule has 0 bridgehead atoms. The standard InChI is InChI=1S/C12H16BrFN2O2/c1-18-10(6-15)5-12(17)16-7-8-2-3-9(14)4-11(8)13/h2-4,10H,5-7,15H2,1H3,(H,16,17). The molecule has 0 spiro atoms. The quantitative estimate of drug-likeness (QED) is 0.836. The Bertz CT molecular complexity index is 411. The minimum Gasteiger partial charge on any atom is -0.380 e. The van der Waals surface area contributed by atoms with Gasteiger partial charge in [-0.3, -0.25) is 4.79 Å².